The highest BCUT2D eigenvalue weighted by Gasteiger charge is 2.43. The van der Waals surface area contributed by atoms with Gasteiger partial charge in [-0.15, -0.1) is 0 Å². The van der Waals surface area contributed by atoms with Crippen LogP contribution in [0.25, 0.3) is 0 Å². The van der Waals surface area contributed by atoms with Crippen LogP contribution in [0.15, 0.2) is 0 Å². The molecule has 1 N–H and O–H groups in total. The third kappa shape index (κ3) is 4.03. The number of ketones is 1. The number of Topliss-reactive ketones (excluding diaryl/α,β-unsaturated/α-hetero) is 1. The number of esters is 2. The molecule has 0 aliphatic carbocycles. The first-order valence-electron chi connectivity index (χ1n) is 6.79. The number of carbonyl (C=O) groups is 3. The molecule has 0 radical (unpaired) electrons. The smallest absolute Gasteiger partial charge is 0.330 e. The van der Waals surface area contributed by atoms with Crippen molar-refractivity contribution in [3.05, 3.63) is 0 Å². The Labute approximate surface area is 119 Å². The number of nitrogens with one attached hydrogen (secondary N) is 1. The second kappa shape index (κ2) is 6.35. The standard InChI is InChI=1S/C14H23NO5/c1-6-8(12(17)20-14(2,3)4)9-7-10(16)11(15-9)13(18)19-5/h8-9,11,15H,6-7H2,1-5H3/t8?,9-,11+/m1/s1. The number of carbonyl (C=O) groups excluding carboxylic acids is 3. The molecule has 1 aliphatic rings. The Balaban J connectivity index is 2.75. The minimum atomic E-state index is -0.971. The molecule has 1 rings (SSSR count). The first-order valence-corrected chi connectivity index (χ1v) is 6.79. The zero-order valence-electron chi connectivity index (χ0n) is 12.7. The lowest BCUT2D eigenvalue weighted by Gasteiger charge is -2.26. The quantitative estimate of drug-likeness (QED) is 0.608. The highest BCUT2D eigenvalue weighted by molar-refractivity contribution is 6.05. The maximum Gasteiger partial charge on any atom is 0.330 e. The van der Waals surface area contributed by atoms with Gasteiger partial charge >= 0.3 is 11.9 Å². The Morgan fingerprint density at radius 2 is 2.00 bits per heavy atom. The Bertz CT molecular complexity index is 399. The van der Waals surface area contributed by atoms with Crippen molar-refractivity contribution in [2.75, 3.05) is 7.11 Å². The fourth-order valence-corrected chi connectivity index (χ4v) is 2.27. The predicted octanol–water partition coefficient (Wildman–Crippen LogP) is 0.827. The van der Waals surface area contributed by atoms with Gasteiger partial charge in [-0.1, -0.05) is 6.92 Å². The number of methoxy groups -OCH3 is 1. The van der Waals surface area contributed by atoms with Crippen molar-refractivity contribution in [1.29, 1.82) is 0 Å². The van der Waals surface area contributed by atoms with E-state index in [0.717, 1.165) is 0 Å². The highest BCUT2D eigenvalue weighted by Crippen LogP contribution is 2.23. The predicted molar refractivity (Wildman–Crippen MR) is 72.0 cm³/mol. The Hall–Kier alpha value is -1.43. The van der Waals surface area contributed by atoms with E-state index < -0.39 is 23.5 Å². The Kier molecular flexibility index (Phi) is 5.28. The molecule has 6 nitrogen and oxygen atoms in total. The fourth-order valence-electron chi connectivity index (χ4n) is 2.27. The molecule has 0 spiro atoms. The Morgan fingerprint density at radius 3 is 2.45 bits per heavy atom. The van der Waals surface area contributed by atoms with Crippen LogP contribution in [0.1, 0.15) is 40.5 Å². The van der Waals surface area contributed by atoms with E-state index >= 15 is 0 Å². The van der Waals surface area contributed by atoms with Gasteiger partial charge in [-0.2, -0.15) is 0 Å². The summed E-state index contributed by atoms with van der Waals surface area (Å²) in [6, 6.07) is -1.35. The summed E-state index contributed by atoms with van der Waals surface area (Å²) < 4.78 is 9.92. The fraction of sp³-hybridized carbons (Fsp3) is 0.786. The lowest BCUT2D eigenvalue weighted by molar-refractivity contribution is -0.161. The maximum absolute atomic E-state index is 12.1. The number of hydrogen-bond acceptors (Lipinski definition) is 6. The van der Waals surface area contributed by atoms with E-state index in [-0.39, 0.29) is 24.2 Å². The average Bonchev–Trinajstić information content (AvgIpc) is 2.68. The molecule has 0 aromatic heterocycles. The summed E-state index contributed by atoms with van der Waals surface area (Å²) in [4.78, 5) is 35.4. The van der Waals surface area contributed by atoms with Crippen LogP contribution >= 0.6 is 0 Å². The van der Waals surface area contributed by atoms with Crippen LogP contribution in [0.2, 0.25) is 0 Å². The first kappa shape index (κ1) is 16.6. The molecule has 0 amide bonds. The van der Waals surface area contributed by atoms with Crippen LogP contribution in [-0.4, -0.2) is 42.5 Å². The topological polar surface area (TPSA) is 81.7 Å². The van der Waals surface area contributed by atoms with Gasteiger partial charge in [0.1, 0.15) is 5.60 Å². The average molecular weight is 285 g/mol. The van der Waals surface area contributed by atoms with Gasteiger partial charge in [0.05, 0.1) is 13.0 Å². The zero-order valence-corrected chi connectivity index (χ0v) is 12.7. The molecule has 114 valence electrons. The largest absolute Gasteiger partial charge is 0.468 e. The van der Waals surface area contributed by atoms with E-state index in [1.54, 1.807) is 20.8 Å². The normalized spacial score (nSPS) is 24.4. The van der Waals surface area contributed by atoms with Crippen molar-refractivity contribution in [2.45, 2.75) is 58.2 Å². The van der Waals surface area contributed by atoms with Crippen molar-refractivity contribution >= 4 is 17.7 Å². The van der Waals surface area contributed by atoms with Gasteiger partial charge in [-0.05, 0) is 27.2 Å². The van der Waals surface area contributed by atoms with Gasteiger partial charge in [0.25, 0.3) is 0 Å². The molecule has 1 aliphatic heterocycles. The summed E-state index contributed by atoms with van der Waals surface area (Å²) in [7, 11) is 1.23. The molecule has 3 atom stereocenters. The third-order valence-electron chi connectivity index (χ3n) is 3.20. The zero-order chi connectivity index (χ0) is 15.5. The van der Waals surface area contributed by atoms with Crippen LogP contribution < -0.4 is 5.32 Å². The van der Waals surface area contributed by atoms with Gasteiger partial charge in [-0.25, -0.2) is 4.79 Å². The van der Waals surface area contributed by atoms with Gasteiger partial charge in [-0.3, -0.25) is 14.9 Å². The molecular formula is C14H23NO5. The van der Waals surface area contributed by atoms with Gasteiger partial charge in [0, 0.05) is 12.5 Å². The maximum atomic E-state index is 12.1. The van der Waals surface area contributed by atoms with Crippen LogP contribution in [0.5, 0.6) is 0 Å². The molecule has 0 bridgehead atoms. The van der Waals surface area contributed by atoms with E-state index in [2.05, 4.69) is 10.1 Å². The molecule has 1 unspecified atom stereocenters. The first-order chi connectivity index (χ1) is 9.19. The highest BCUT2D eigenvalue weighted by atomic mass is 16.6. The molecule has 0 saturated carbocycles. The second-order valence-corrected chi connectivity index (χ2v) is 5.95. The third-order valence-corrected chi connectivity index (χ3v) is 3.20. The molecule has 1 fully saturated rings. The van der Waals surface area contributed by atoms with Crippen molar-refractivity contribution in [2.24, 2.45) is 5.92 Å². The molecule has 1 heterocycles. The van der Waals surface area contributed by atoms with Gasteiger partial charge < -0.3 is 9.47 Å². The number of rotatable bonds is 4. The van der Waals surface area contributed by atoms with Crippen molar-refractivity contribution in [3.63, 3.8) is 0 Å². The monoisotopic (exact) mass is 285 g/mol. The molecular weight excluding hydrogens is 262 g/mol. The van der Waals surface area contributed by atoms with Crippen LogP contribution in [0.4, 0.5) is 0 Å². The summed E-state index contributed by atoms with van der Waals surface area (Å²) in [5.41, 5.74) is -0.575. The van der Waals surface area contributed by atoms with Gasteiger partial charge in [0.15, 0.2) is 11.8 Å². The van der Waals surface area contributed by atoms with E-state index in [1.807, 2.05) is 6.92 Å². The number of hydrogen-bond donors (Lipinski definition) is 1. The van der Waals surface area contributed by atoms with Crippen molar-refractivity contribution < 1.29 is 23.9 Å². The van der Waals surface area contributed by atoms with Crippen LogP contribution in [0.3, 0.4) is 0 Å². The molecule has 0 aromatic carbocycles. The van der Waals surface area contributed by atoms with Crippen molar-refractivity contribution in [3.8, 4) is 0 Å². The molecule has 1 saturated heterocycles. The van der Waals surface area contributed by atoms with E-state index in [0.29, 0.717) is 6.42 Å². The lowest BCUT2D eigenvalue weighted by atomic mass is 9.95. The minimum absolute atomic E-state index is 0.136. The Morgan fingerprint density at radius 1 is 1.40 bits per heavy atom. The SMILES string of the molecule is CCC(C(=O)OC(C)(C)C)[C@H]1CC(=O)[C@@H](C(=O)OC)N1. The molecule has 0 aromatic rings. The summed E-state index contributed by atoms with van der Waals surface area (Å²) >= 11 is 0. The van der Waals surface area contributed by atoms with E-state index in [1.165, 1.54) is 7.11 Å². The molecule has 6 heteroatoms. The van der Waals surface area contributed by atoms with E-state index in [9.17, 15) is 14.4 Å². The summed E-state index contributed by atoms with van der Waals surface area (Å²) in [5, 5.41) is 2.88. The van der Waals surface area contributed by atoms with Crippen LogP contribution in [0, 0.1) is 5.92 Å². The van der Waals surface area contributed by atoms with Crippen molar-refractivity contribution in [1.82, 2.24) is 5.32 Å². The summed E-state index contributed by atoms with van der Waals surface area (Å²) in [6.07, 6.45) is 0.672. The van der Waals surface area contributed by atoms with E-state index in [4.69, 9.17) is 4.74 Å². The summed E-state index contributed by atoms with van der Waals surface area (Å²) in [6.45, 7) is 7.23. The van der Waals surface area contributed by atoms with Crippen LogP contribution in [-0.2, 0) is 23.9 Å². The minimum Gasteiger partial charge on any atom is -0.468 e. The second-order valence-electron chi connectivity index (χ2n) is 5.95. The number of ether oxygens (including phenoxy) is 2. The lowest BCUT2D eigenvalue weighted by Crippen LogP contribution is -2.44. The van der Waals surface area contributed by atoms with Gasteiger partial charge in [0.2, 0.25) is 0 Å². The summed E-state index contributed by atoms with van der Waals surface area (Å²) in [5.74, 6) is -1.66. The molecule has 20 heavy (non-hydrogen) atoms.